The molecule has 0 aliphatic heterocycles. The van der Waals surface area contributed by atoms with Gasteiger partial charge in [-0.25, -0.2) is 4.79 Å². The number of anilines is 1. The van der Waals surface area contributed by atoms with Gasteiger partial charge < -0.3 is 20.1 Å². The summed E-state index contributed by atoms with van der Waals surface area (Å²) in [5, 5.41) is 6.60. The van der Waals surface area contributed by atoms with Gasteiger partial charge in [-0.3, -0.25) is 4.79 Å². The van der Waals surface area contributed by atoms with Gasteiger partial charge in [0.15, 0.2) is 5.78 Å². The van der Waals surface area contributed by atoms with Crippen LogP contribution in [-0.2, 0) is 22.5 Å². The maximum atomic E-state index is 13.1. The first-order valence-corrected chi connectivity index (χ1v) is 12.6. The van der Waals surface area contributed by atoms with Crippen LogP contribution in [0.5, 0.6) is 5.75 Å². The zero-order valence-corrected chi connectivity index (χ0v) is 21.4. The fourth-order valence-corrected chi connectivity index (χ4v) is 4.10. The number of methoxy groups -OCH3 is 1. The summed E-state index contributed by atoms with van der Waals surface area (Å²) >= 11 is 0. The van der Waals surface area contributed by atoms with E-state index in [2.05, 4.69) is 22.8 Å². The van der Waals surface area contributed by atoms with Crippen molar-refractivity contribution in [3.8, 4) is 5.75 Å². The van der Waals surface area contributed by atoms with Crippen molar-refractivity contribution in [2.75, 3.05) is 25.6 Å². The van der Waals surface area contributed by atoms with Crippen molar-refractivity contribution in [1.82, 2.24) is 5.32 Å². The van der Waals surface area contributed by atoms with E-state index in [0.717, 1.165) is 24.4 Å². The highest BCUT2D eigenvalue weighted by atomic mass is 16.5. The minimum absolute atomic E-state index is 0.114. The Morgan fingerprint density at radius 2 is 1.42 bits per heavy atom. The molecule has 1 atom stereocenters. The molecule has 4 aromatic carbocycles. The minimum Gasteiger partial charge on any atom is -0.492 e. The number of benzene rings is 4. The third-order valence-corrected chi connectivity index (χ3v) is 6.11. The van der Waals surface area contributed by atoms with E-state index < -0.39 is 12.0 Å². The summed E-state index contributed by atoms with van der Waals surface area (Å²) in [5.41, 5.74) is 3.84. The molecule has 0 fully saturated rings. The van der Waals surface area contributed by atoms with Gasteiger partial charge in [0, 0.05) is 36.3 Å². The first-order chi connectivity index (χ1) is 18.6. The smallest absolute Gasteiger partial charge is 0.328 e. The maximum Gasteiger partial charge on any atom is 0.328 e. The average molecular weight is 509 g/mol. The number of nitrogens with one attached hydrogen (secondary N) is 2. The molecule has 38 heavy (non-hydrogen) atoms. The van der Waals surface area contributed by atoms with E-state index in [9.17, 15) is 9.59 Å². The number of hydrogen-bond donors (Lipinski definition) is 2. The Morgan fingerprint density at radius 3 is 2.13 bits per heavy atom. The molecule has 0 bridgehead atoms. The van der Waals surface area contributed by atoms with E-state index in [0.29, 0.717) is 29.8 Å². The minimum atomic E-state index is -0.668. The lowest BCUT2D eigenvalue weighted by atomic mass is 10.00. The normalized spacial score (nSPS) is 11.4. The van der Waals surface area contributed by atoms with Crippen LogP contribution in [0, 0.1) is 0 Å². The highest BCUT2D eigenvalue weighted by molar-refractivity contribution is 6.12. The van der Waals surface area contributed by atoms with Crippen molar-refractivity contribution in [3.63, 3.8) is 0 Å². The summed E-state index contributed by atoms with van der Waals surface area (Å²) in [7, 11) is 1.36. The SMILES string of the molecule is COC(=O)C(Cc1ccc(OCCNCc2ccccc2)cc1)Nc1ccccc1C(=O)c1ccccc1. The summed E-state index contributed by atoms with van der Waals surface area (Å²) < 4.78 is 10.9. The summed E-state index contributed by atoms with van der Waals surface area (Å²) in [6.45, 7) is 2.07. The summed E-state index contributed by atoms with van der Waals surface area (Å²) in [6.07, 6.45) is 0.388. The fourth-order valence-electron chi connectivity index (χ4n) is 4.10. The van der Waals surface area contributed by atoms with Crippen LogP contribution in [0.15, 0.2) is 109 Å². The second kappa shape index (κ2) is 13.8. The zero-order chi connectivity index (χ0) is 26.6. The van der Waals surface area contributed by atoms with E-state index in [4.69, 9.17) is 9.47 Å². The number of hydrogen-bond acceptors (Lipinski definition) is 6. The molecule has 6 heteroatoms. The van der Waals surface area contributed by atoms with Gasteiger partial charge in [0.25, 0.3) is 0 Å². The zero-order valence-electron chi connectivity index (χ0n) is 21.4. The molecular weight excluding hydrogens is 476 g/mol. The van der Waals surface area contributed by atoms with E-state index in [1.165, 1.54) is 12.7 Å². The van der Waals surface area contributed by atoms with Gasteiger partial charge in [-0.05, 0) is 35.4 Å². The molecule has 0 spiro atoms. The molecule has 0 aromatic heterocycles. The van der Waals surface area contributed by atoms with Gasteiger partial charge >= 0.3 is 5.97 Å². The highest BCUT2D eigenvalue weighted by Crippen LogP contribution is 2.22. The second-order valence-electron chi connectivity index (χ2n) is 8.82. The van der Waals surface area contributed by atoms with Crippen molar-refractivity contribution >= 4 is 17.4 Å². The molecule has 0 saturated carbocycles. The van der Waals surface area contributed by atoms with Crippen molar-refractivity contribution in [3.05, 3.63) is 131 Å². The Bertz CT molecular complexity index is 1310. The lowest BCUT2D eigenvalue weighted by Gasteiger charge is -2.20. The third kappa shape index (κ3) is 7.54. The Kier molecular flexibility index (Phi) is 9.65. The van der Waals surface area contributed by atoms with Crippen LogP contribution in [0.3, 0.4) is 0 Å². The Balaban J connectivity index is 1.35. The van der Waals surface area contributed by atoms with Crippen molar-refractivity contribution in [2.24, 2.45) is 0 Å². The monoisotopic (exact) mass is 508 g/mol. The van der Waals surface area contributed by atoms with Crippen molar-refractivity contribution in [1.29, 1.82) is 0 Å². The van der Waals surface area contributed by atoms with Gasteiger partial charge in [-0.15, -0.1) is 0 Å². The largest absolute Gasteiger partial charge is 0.492 e. The lowest BCUT2D eigenvalue weighted by molar-refractivity contribution is -0.141. The van der Waals surface area contributed by atoms with E-state index in [1.807, 2.05) is 72.8 Å². The van der Waals surface area contributed by atoms with E-state index in [1.54, 1.807) is 24.3 Å². The third-order valence-electron chi connectivity index (χ3n) is 6.11. The van der Waals surface area contributed by atoms with Crippen molar-refractivity contribution in [2.45, 2.75) is 19.0 Å². The molecule has 0 radical (unpaired) electrons. The predicted molar refractivity (Wildman–Crippen MR) is 150 cm³/mol. The molecule has 0 aliphatic carbocycles. The van der Waals surface area contributed by atoms with Gasteiger partial charge in [0.05, 0.1) is 7.11 Å². The number of carbonyl (C=O) groups excluding carboxylic acids is 2. The molecule has 194 valence electrons. The molecule has 0 heterocycles. The maximum absolute atomic E-state index is 13.1. The number of rotatable bonds is 13. The second-order valence-corrected chi connectivity index (χ2v) is 8.82. The lowest BCUT2D eigenvalue weighted by Crippen LogP contribution is -2.33. The molecule has 0 aliphatic rings. The molecule has 4 aromatic rings. The van der Waals surface area contributed by atoms with Crippen LogP contribution in [-0.4, -0.2) is 38.1 Å². The quantitative estimate of drug-likeness (QED) is 0.145. The summed E-state index contributed by atoms with van der Waals surface area (Å²) in [5.74, 6) is 0.241. The number of carbonyl (C=O) groups is 2. The standard InChI is InChI=1S/C32H32N2O4/c1-37-32(36)30(34-29-15-9-8-14-28(29)31(35)26-12-6-3-7-13-26)22-24-16-18-27(19-17-24)38-21-20-33-23-25-10-4-2-5-11-25/h2-19,30,33-34H,20-23H2,1H3. The number of ether oxygens (including phenoxy) is 2. The first-order valence-electron chi connectivity index (χ1n) is 12.6. The van der Waals surface area contributed by atoms with Crippen LogP contribution in [0.4, 0.5) is 5.69 Å². The Morgan fingerprint density at radius 1 is 0.763 bits per heavy atom. The molecule has 2 N–H and O–H groups in total. The molecule has 6 nitrogen and oxygen atoms in total. The summed E-state index contributed by atoms with van der Waals surface area (Å²) in [4.78, 5) is 25.8. The van der Waals surface area contributed by atoms with Gasteiger partial charge in [-0.1, -0.05) is 84.9 Å². The predicted octanol–water partition coefficient (Wildman–Crippen LogP) is 5.28. The average Bonchev–Trinajstić information content (AvgIpc) is 2.98. The first kappa shape index (κ1) is 26.6. The van der Waals surface area contributed by atoms with Crippen LogP contribution < -0.4 is 15.4 Å². The number of para-hydroxylation sites is 1. The van der Waals surface area contributed by atoms with Gasteiger partial charge in [0.2, 0.25) is 0 Å². The Hall–Kier alpha value is -4.42. The molecule has 0 amide bonds. The highest BCUT2D eigenvalue weighted by Gasteiger charge is 2.22. The summed E-state index contributed by atoms with van der Waals surface area (Å²) in [6, 6.07) is 33.5. The van der Waals surface area contributed by atoms with Crippen LogP contribution in [0.25, 0.3) is 0 Å². The topological polar surface area (TPSA) is 76.7 Å². The van der Waals surface area contributed by atoms with E-state index >= 15 is 0 Å². The molecular formula is C32H32N2O4. The molecule has 1 unspecified atom stereocenters. The number of esters is 1. The Labute approximate surface area is 223 Å². The van der Waals surface area contributed by atoms with Gasteiger partial charge in [-0.2, -0.15) is 0 Å². The number of ketones is 1. The fraction of sp³-hybridized carbons (Fsp3) is 0.188. The molecule has 4 rings (SSSR count). The van der Waals surface area contributed by atoms with Crippen molar-refractivity contribution < 1.29 is 19.1 Å². The van der Waals surface area contributed by atoms with Crippen LogP contribution >= 0.6 is 0 Å². The van der Waals surface area contributed by atoms with Gasteiger partial charge in [0.1, 0.15) is 18.4 Å². The van der Waals surface area contributed by atoms with Crippen LogP contribution in [0.2, 0.25) is 0 Å². The molecule has 0 saturated heterocycles. The van der Waals surface area contributed by atoms with E-state index in [-0.39, 0.29) is 5.78 Å². The van der Waals surface area contributed by atoms with Crippen LogP contribution in [0.1, 0.15) is 27.0 Å².